The molecule has 4 heteroatoms. The molecule has 0 saturated carbocycles. The molecule has 3 rings (SSSR count). The van der Waals surface area contributed by atoms with E-state index in [4.69, 9.17) is 4.74 Å². The molecule has 0 bridgehead atoms. The van der Waals surface area contributed by atoms with Gasteiger partial charge >= 0.3 is 0 Å². The molecule has 2 aromatic rings. The van der Waals surface area contributed by atoms with E-state index in [1.807, 2.05) is 12.1 Å². The molecule has 1 aliphatic rings. The van der Waals surface area contributed by atoms with Gasteiger partial charge in [0.05, 0.1) is 7.11 Å². The van der Waals surface area contributed by atoms with Crippen molar-refractivity contribution < 1.29 is 4.74 Å². The van der Waals surface area contributed by atoms with Crippen LogP contribution in [0, 0.1) is 0 Å². The third kappa shape index (κ3) is 4.08. The lowest BCUT2D eigenvalue weighted by Crippen LogP contribution is -2.45. The zero-order valence-corrected chi connectivity index (χ0v) is 14.4. The number of benzene rings is 2. The zero-order chi connectivity index (χ0) is 16.1. The molecular weight excluding hydrogens is 304 g/mol. The van der Waals surface area contributed by atoms with Gasteiger partial charge in [-0.1, -0.05) is 30.3 Å². The van der Waals surface area contributed by atoms with Crippen LogP contribution in [0.3, 0.4) is 0 Å². The van der Waals surface area contributed by atoms with Gasteiger partial charge in [0.1, 0.15) is 5.75 Å². The maximum atomic E-state index is 5.46. The summed E-state index contributed by atoms with van der Waals surface area (Å²) >= 11 is 4.44. The van der Waals surface area contributed by atoms with Crippen LogP contribution in [-0.2, 0) is 6.54 Å². The predicted octanol–water partition coefficient (Wildman–Crippen LogP) is 3.57. The molecule has 1 heterocycles. The second-order valence-corrected chi connectivity index (χ2v) is 6.48. The van der Waals surface area contributed by atoms with Gasteiger partial charge in [-0.25, -0.2) is 0 Å². The molecule has 0 unspecified atom stereocenters. The number of ether oxygens (including phenoxy) is 1. The van der Waals surface area contributed by atoms with Gasteiger partial charge in [-0.05, 0) is 43.1 Å². The number of piperidine rings is 1. The highest BCUT2D eigenvalue weighted by molar-refractivity contribution is 7.80. The number of nitrogens with one attached hydrogen (secondary N) is 2. The van der Waals surface area contributed by atoms with Crippen molar-refractivity contribution in [1.82, 2.24) is 10.6 Å². The fourth-order valence-electron chi connectivity index (χ4n) is 3.26. The van der Waals surface area contributed by atoms with Gasteiger partial charge in [0.25, 0.3) is 0 Å². The third-order valence-corrected chi connectivity index (χ3v) is 4.71. The fraction of sp³-hybridized carbons (Fsp3) is 0.368. The summed E-state index contributed by atoms with van der Waals surface area (Å²) in [5.41, 5.74) is 2.50. The monoisotopic (exact) mass is 328 g/mol. The van der Waals surface area contributed by atoms with Gasteiger partial charge < -0.3 is 15.4 Å². The molecule has 0 spiro atoms. The second kappa shape index (κ2) is 7.86. The van der Waals surface area contributed by atoms with Gasteiger partial charge in [-0.2, -0.15) is 0 Å². The Hall–Kier alpha value is -1.49. The Morgan fingerprint density at radius 1 is 1.22 bits per heavy atom. The Bertz CT molecular complexity index is 633. The Balaban J connectivity index is 1.72. The first-order valence-corrected chi connectivity index (χ1v) is 8.60. The van der Waals surface area contributed by atoms with E-state index in [0.29, 0.717) is 12.1 Å². The van der Waals surface area contributed by atoms with E-state index in [1.165, 1.54) is 18.4 Å². The first kappa shape index (κ1) is 16.4. The number of hydrogen-bond acceptors (Lipinski definition) is 4. The highest BCUT2D eigenvalue weighted by atomic mass is 32.1. The second-order valence-electron chi connectivity index (χ2n) is 5.97. The van der Waals surface area contributed by atoms with Crippen LogP contribution in [0.1, 0.15) is 30.0 Å². The van der Waals surface area contributed by atoms with Gasteiger partial charge in [0.15, 0.2) is 0 Å². The lowest BCUT2D eigenvalue weighted by molar-refractivity contribution is 0.302. The Morgan fingerprint density at radius 3 is 2.83 bits per heavy atom. The summed E-state index contributed by atoms with van der Waals surface area (Å²) in [6.07, 6.45) is 2.38. The maximum Gasteiger partial charge on any atom is 0.123 e. The van der Waals surface area contributed by atoms with Crippen molar-refractivity contribution in [2.45, 2.75) is 36.4 Å². The normalized spacial score (nSPS) is 21.1. The molecule has 2 atom stereocenters. The lowest BCUT2D eigenvalue weighted by atomic mass is 9.92. The number of methoxy groups -OCH3 is 1. The van der Waals surface area contributed by atoms with Crippen molar-refractivity contribution in [3.8, 4) is 5.75 Å². The van der Waals surface area contributed by atoms with Crippen LogP contribution in [-0.4, -0.2) is 19.7 Å². The van der Waals surface area contributed by atoms with Crippen LogP contribution in [0.25, 0.3) is 0 Å². The van der Waals surface area contributed by atoms with E-state index in [0.717, 1.165) is 29.3 Å². The van der Waals surface area contributed by atoms with E-state index < -0.39 is 0 Å². The van der Waals surface area contributed by atoms with E-state index >= 15 is 0 Å². The SMILES string of the molecule is COc1ccc(S)cc1CN[C@H]1CCCN[C@H]1c1ccccc1. The Morgan fingerprint density at radius 2 is 2.04 bits per heavy atom. The van der Waals surface area contributed by atoms with Crippen LogP contribution < -0.4 is 15.4 Å². The highest BCUT2D eigenvalue weighted by Crippen LogP contribution is 2.26. The third-order valence-electron chi connectivity index (χ3n) is 4.44. The van der Waals surface area contributed by atoms with Crippen LogP contribution >= 0.6 is 12.6 Å². The van der Waals surface area contributed by atoms with Crippen LogP contribution in [0.15, 0.2) is 53.4 Å². The largest absolute Gasteiger partial charge is 0.496 e. The number of rotatable bonds is 5. The van der Waals surface area contributed by atoms with Crippen molar-refractivity contribution in [3.63, 3.8) is 0 Å². The molecular formula is C19H24N2OS. The van der Waals surface area contributed by atoms with Crippen LogP contribution in [0.4, 0.5) is 0 Å². The minimum Gasteiger partial charge on any atom is -0.496 e. The zero-order valence-electron chi connectivity index (χ0n) is 13.5. The summed E-state index contributed by atoms with van der Waals surface area (Å²) in [5, 5.41) is 7.36. The molecule has 0 amide bonds. The number of hydrogen-bond donors (Lipinski definition) is 3. The summed E-state index contributed by atoms with van der Waals surface area (Å²) in [7, 11) is 1.71. The van der Waals surface area contributed by atoms with Gasteiger partial charge in [0, 0.05) is 29.1 Å². The molecule has 0 radical (unpaired) electrons. The molecule has 0 aliphatic carbocycles. The van der Waals surface area contributed by atoms with Crippen molar-refractivity contribution >= 4 is 12.6 Å². The molecule has 23 heavy (non-hydrogen) atoms. The molecule has 3 nitrogen and oxygen atoms in total. The Kier molecular flexibility index (Phi) is 5.60. The highest BCUT2D eigenvalue weighted by Gasteiger charge is 2.25. The van der Waals surface area contributed by atoms with Crippen molar-refractivity contribution in [2.75, 3.05) is 13.7 Å². The molecule has 122 valence electrons. The van der Waals surface area contributed by atoms with Crippen LogP contribution in [0.5, 0.6) is 5.75 Å². The van der Waals surface area contributed by atoms with Crippen molar-refractivity contribution in [3.05, 3.63) is 59.7 Å². The average Bonchev–Trinajstić information content (AvgIpc) is 2.61. The van der Waals surface area contributed by atoms with Crippen LogP contribution in [0.2, 0.25) is 0 Å². The standard InChI is InChI=1S/C19H24N2OS/c1-22-18-10-9-16(23)12-15(18)13-21-17-8-5-11-20-19(17)14-6-3-2-4-7-14/h2-4,6-7,9-10,12,17,19-21,23H,5,8,11,13H2,1H3/t17-,19-/m0/s1. The molecule has 2 aromatic carbocycles. The minimum absolute atomic E-state index is 0.357. The fourth-order valence-corrected chi connectivity index (χ4v) is 3.49. The molecule has 1 aliphatic heterocycles. The average molecular weight is 328 g/mol. The first-order valence-electron chi connectivity index (χ1n) is 8.15. The van der Waals surface area contributed by atoms with E-state index in [9.17, 15) is 0 Å². The van der Waals surface area contributed by atoms with Gasteiger partial charge in [-0.3, -0.25) is 0 Å². The quantitative estimate of drug-likeness (QED) is 0.734. The predicted molar refractivity (Wildman–Crippen MR) is 97.3 cm³/mol. The maximum absolute atomic E-state index is 5.46. The Labute approximate surface area is 143 Å². The van der Waals surface area contributed by atoms with E-state index in [1.54, 1.807) is 7.11 Å². The lowest BCUT2D eigenvalue weighted by Gasteiger charge is -2.34. The summed E-state index contributed by atoms with van der Waals surface area (Å²) in [5.74, 6) is 0.912. The molecule has 0 aromatic heterocycles. The summed E-state index contributed by atoms with van der Waals surface area (Å²) < 4.78 is 5.46. The van der Waals surface area contributed by atoms with Gasteiger partial charge in [0.2, 0.25) is 0 Å². The molecule has 2 N–H and O–H groups in total. The molecule has 1 saturated heterocycles. The summed E-state index contributed by atoms with van der Waals surface area (Å²) in [4.78, 5) is 0.962. The number of thiol groups is 1. The topological polar surface area (TPSA) is 33.3 Å². The minimum atomic E-state index is 0.357. The molecule has 1 fully saturated rings. The summed E-state index contributed by atoms with van der Waals surface area (Å²) in [6.45, 7) is 1.86. The van der Waals surface area contributed by atoms with Crippen molar-refractivity contribution in [1.29, 1.82) is 0 Å². The summed E-state index contributed by atoms with van der Waals surface area (Å²) in [6, 6.07) is 17.5. The van der Waals surface area contributed by atoms with E-state index in [2.05, 4.69) is 59.7 Å². The van der Waals surface area contributed by atoms with E-state index in [-0.39, 0.29) is 0 Å². The van der Waals surface area contributed by atoms with Gasteiger partial charge in [-0.15, -0.1) is 12.6 Å². The van der Waals surface area contributed by atoms with Crippen molar-refractivity contribution in [2.24, 2.45) is 0 Å². The first-order chi connectivity index (χ1) is 11.3. The smallest absolute Gasteiger partial charge is 0.123 e.